The third-order valence-corrected chi connectivity index (χ3v) is 5.35. The van der Waals surface area contributed by atoms with Crippen molar-refractivity contribution in [3.05, 3.63) is 102 Å². The molecule has 3 aromatic carbocycles. The Hall–Kier alpha value is -3.40. The molecule has 1 heterocycles. The Morgan fingerprint density at radius 3 is 2.13 bits per heavy atom. The molecular formula is C26H27N3O. The number of benzene rings is 3. The van der Waals surface area contributed by atoms with Crippen LogP contribution in [0.5, 0.6) is 0 Å². The van der Waals surface area contributed by atoms with Crippen molar-refractivity contribution >= 4 is 16.9 Å². The first-order valence-corrected chi connectivity index (χ1v) is 10.6. The molecule has 0 radical (unpaired) electrons. The number of hydrogen-bond acceptors (Lipinski definition) is 2. The third kappa shape index (κ3) is 5.15. The van der Waals surface area contributed by atoms with Crippen molar-refractivity contribution in [2.75, 3.05) is 6.54 Å². The average Bonchev–Trinajstić information content (AvgIpc) is 3.15. The minimum atomic E-state index is 0.0887. The van der Waals surface area contributed by atoms with Crippen LogP contribution >= 0.6 is 0 Å². The van der Waals surface area contributed by atoms with Gasteiger partial charge in [-0.05, 0) is 36.1 Å². The predicted molar refractivity (Wildman–Crippen MR) is 121 cm³/mol. The van der Waals surface area contributed by atoms with Crippen molar-refractivity contribution in [2.45, 2.75) is 32.2 Å². The highest BCUT2D eigenvalue weighted by Gasteiger charge is 2.11. The minimum absolute atomic E-state index is 0.0887. The second-order valence-corrected chi connectivity index (χ2v) is 7.49. The van der Waals surface area contributed by atoms with Gasteiger partial charge < -0.3 is 9.88 Å². The van der Waals surface area contributed by atoms with E-state index in [1.54, 1.807) is 0 Å². The van der Waals surface area contributed by atoms with Crippen LogP contribution in [0.25, 0.3) is 11.0 Å². The van der Waals surface area contributed by atoms with E-state index in [2.05, 4.69) is 64.5 Å². The monoisotopic (exact) mass is 397 g/mol. The van der Waals surface area contributed by atoms with E-state index in [0.717, 1.165) is 42.7 Å². The SMILES string of the molecule is O=C(CCc1ccccc1)NCCc1nc2ccccc2n1CCc1ccccc1. The van der Waals surface area contributed by atoms with Gasteiger partial charge in [0, 0.05) is 25.9 Å². The Morgan fingerprint density at radius 1 is 0.767 bits per heavy atom. The van der Waals surface area contributed by atoms with Crippen LogP contribution in [0.1, 0.15) is 23.4 Å². The summed E-state index contributed by atoms with van der Waals surface area (Å²) in [4.78, 5) is 17.1. The molecule has 0 bridgehead atoms. The summed E-state index contributed by atoms with van der Waals surface area (Å²) in [5, 5.41) is 3.05. The zero-order valence-corrected chi connectivity index (χ0v) is 17.1. The highest BCUT2D eigenvalue weighted by molar-refractivity contribution is 5.77. The molecule has 0 aliphatic carbocycles. The molecule has 0 aliphatic rings. The maximum absolute atomic E-state index is 12.2. The molecule has 0 saturated heterocycles. The molecule has 4 aromatic rings. The summed E-state index contributed by atoms with van der Waals surface area (Å²) in [6.45, 7) is 1.48. The molecule has 4 nitrogen and oxygen atoms in total. The number of imidazole rings is 1. The third-order valence-electron chi connectivity index (χ3n) is 5.35. The Morgan fingerprint density at radius 2 is 1.40 bits per heavy atom. The van der Waals surface area contributed by atoms with Gasteiger partial charge in [-0.15, -0.1) is 0 Å². The first kappa shape index (κ1) is 19.9. The van der Waals surface area contributed by atoms with Crippen molar-refractivity contribution in [3.63, 3.8) is 0 Å². The number of aromatic nitrogens is 2. The van der Waals surface area contributed by atoms with E-state index in [1.165, 1.54) is 11.1 Å². The Kier molecular flexibility index (Phi) is 6.55. The fraction of sp³-hybridized carbons (Fsp3) is 0.231. The van der Waals surface area contributed by atoms with Crippen LogP contribution < -0.4 is 5.32 Å². The molecule has 1 N–H and O–H groups in total. The largest absolute Gasteiger partial charge is 0.356 e. The van der Waals surface area contributed by atoms with Gasteiger partial charge in [-0.2, -0.15) is 0 Å². The van der Waals surface area contributed by atoms with Gasteiger partial charge in [-0.25, -0.2) is 4.98 Å². The topological polar surface area (TPSA) is 46.9 Å². The van der Waals surface area contributed by atoms with Crippen LogP contribution in [0.4, 0.5) is 0 Å². The predicted octanol–water partition coefficient (Wildman–Crippen LogP) is 4.57. The van der Waals surface area contributed by atoms with Crippen molar-refractivity contribution < 1.29 is 4.79 Å². The van der Waals surface area contributed by atoms with Gasteiger partial charge in [-0.1, -0.05) is 72.8 Å². The fourth-order valence-electron chi connectivity index (χ4n) is 3.76. The maximum Gasteiger partial charge on any atom is 0.220 e. The zero-order valence-electron chi connectivity index (χ0n) is 17.1. The van der Waals surface area contributed by atoms with Gasteiger partial charge in [0.2, 0.25) is 5.91 Å². The lowest BCUT2D eigenvalue weighted by Crippen LogP contribution is -2.26. The normalized spacial score (nSPS) is 10.9. The van der Waals surface area contributed by atoms with Crippen LogP contribution in [-0.4, -0.2) is 22.0 Å². The highest BCUT2D eigenvalue weighted by atomic mass is 16.1. The van der Waals surface area contributed by atoms with E-state index in [0.29, 0.717) is 13.0 Å². The molecule has 4 rings (SSSR count). The molecule has 0 atom stereocenters. The highest BCUT2D eigenvalue weighted by Crippen LogP contribution is 2.17. The number of carbonyl (C=O) groups excluding carboxylic acids is 1. The van der Waals surface area contributed by atoms with Crippen LogP contribution in [0.15, 0.2) is 84.9 Å². The van der Waals surface area contributed by atoms with Crippen molar-refractivity contribution in [1.29, 1.82) is 0 Å². The number of fused-ring (bicyclic) bond motifs is 1. The van der Waals surface area contributed by atoms with Crippen LogP contribution in [0.2, 0.25) is 0 Å². The fourth-order valence-corrected chi connectivity index (χ4v) is 3.76. The Bertz CT molecular complexity index is 1090. The van der Waals surface area contributed by atoms with E-state index in [-0.39, 0.29) is 5.91 Å². The summed E-state index contributed by atoms with van der Waals surface area (Å²) in [5.74, 6) is 1.11. The van der Waals surface area contributed by atoms with E-state index >= 15 is 0 Å². The molecule has 0 aliphatic heterocycles. The van der Waals surface area contributed by atoms with Crippen LogP contribution in [-0.2, 0) is 30.6 Å². The zero-order chi connectivity index (χ0) is 20.6. The van der Waals surface area contributed by atoms with E-state index < -0.39 is 0 Å². The second kappa shape index (κ2) is 9.88. The molecular weight excluding hydrogens is 370 g/mol. The summed E-state index contributed by atoms with van der Waals surface area (Å²) in [6, 6.07) is 28.9. The van der Waals surface area contributed by atoms with E-state index in [1.807, 2.05) is 30.3 Å². The van der Waals surface area contributed by atoms with Gasteiger partial charge in [0.25, 0.3) is 0 Å². The molecule has 4 heteroatoms. The summed E-state index contributed by atoms with van der Waals surface area (Å²) in [5.41, 5.74) is 4.67. The van der Waals surface area contributed by atoms with Gasteiger partial charge in [0.05, 0.1) is 11.0 Å². The Balaban J connectivity index is 1.36. The molecule has 0 spiro atoms. The number of para-hydroxylation sites is 2. The summed E-state index contributed by atoms with van der Waals surface area (Å²) >= 11 is 0. The van der Waals surface area contributed by atoms with Crippen LogP contribution in [0, 0.1) is 0 Å². The summed E-state index contributed by atoms with van der Waals surface area (Å²) in [6.07, 6.45) is 2.95. The summed E-state index contributed by atoms with van der Waals surface area (Å²) in [7, 11) is 0. The van der Waals surface area contributed by atoms with Gasteiger partial charge in [0.15, 0.2) is 0 Å². The molecule has 1 amide bonds. The number of aryl methyl sites for hydroxylation is 3. The smallest absolute Gasteiger partial charge is 0.220 e. The lowest BCUT2D eigenvalue weighted by molar-refractivity contribution is -0.121. The second-order valence-electron chi connectivity index (χ2n) is 7.49. The maximum atomic E-state index is 12.2. The molecule has 0 unspecified atom stereocenters. The molecule has 30 heavy (non-hydrogen) atoms. The lowest BCUT2D eigenvalue weighted by Gasteiger charge is -2.10. The van der Waals surface area contributed by atoms with Crippen molar-refractivity contribution in [2.24, 2.45) is 0 Å². The minimum Gasteiger partial charge on any atom is -0.356 e. The van der Waals surface area contributed by atoms with Crippen LogP contribution in [0.3, 0.4) is 0 Å². The number of amides is 1. The number of carbonyl (C=O) groups is 1. The van der Waals surface area contributed by atoms with Gasteiger partial charge in [0.1, 0.15) is 5.82 Å². The van der Waals surface area contributed by atoms with E-state index in [4.69, 9.17) is 4.98 Å². The average molecular weight is 398 g/mol. The molecule has 1 aromatic heterocycles. The van der Waals surface area contributed by atoms with Crippen molar-refractivity contribution in [3.8, 4) is 0 Å². The standard InChI is InChI=1S/C26H27N3O/c30-26(16-15-21-9-3-1-4-10-21)27-19-17-25-28-23-13-7-8-14-24(23)29(25)20-18-22-11-5-2-6-12-22/h1-14H,15-20H2,(H,27,30). The quantitative estimate of drug-likeness (QED) is 0.450. The van der Waals surface area contributed by atoms with E-state index in [9.17, 15) is 4.79 Å². The lowest BCUT2D eigenvalue weighted by atomic mass is 10.1. The molecule has 0 fully saturated rings. The number of hydrogen-bond donors (Lipinski definition) is 1. The first-order chi connectivity index (χ1) is 14.8. The van der Waals surface area contributed by atoms with Gasteiger partial charge >= 0.3 is 0 Å². The first-order valence-electron chi connectivity index (χ1n) is 10.6. The molecule has 0 saturated carbocycles. The van der Waals surface area contributed by atoms with Crippen molar-refractivity contribution in [1.82, 2.24) is 14.9 Å². The molecule has 152 valence electrons. The Labute approximate surface area is 177 Å². The van der Waals surface area contributed by atoms with Gasteiger partial charge in [-0.3, -0.25) is 4.79 Å². The number of nitrogens with zero attached hydrogens (tertiary/aromatic N) is 2. The number of nitrogens with one attached hydrogen (secondary N) is 1. The summed E-state index contributed by atoms with van der Waals surface area (Å²) < 4.78 is 2.29. The number of rotatable bonds is 9.